The average molecular weight is 838 g/mol. The van der Waals surface area contributed by atoms with Crippen LogP contribution in [0.5, 0.6) is 0 Å². The first-order chi connectivity index (χ1) is 29.5. The second-order valence-electron chi connectivity index (χ2n) is 16.9. The van der Waals surface area contributed by atoms with Crippen molar-refractivity contribution in [3.05, 3.63) is 72.9 Å². The van der Waals surface area contributed by atoms with Crippen LogP contribution in [0.15, 0.2) is 72.9 Å². The van der Waals surface area contributed by atoms with Crippen molar-refractivity contribution in [2.75, 3.05) is 6.61 Å². The molecule has 0 aromatic rings. The molecule has 0 heterocycles. The summed E-state index contributed by atoms with van der Waals surface area (Å²) in [4.78, 5) is 26.1. The van der Waals surface area contributed by atoms with Crippen molar-refractivity contribution in [1.82, 2.24) is 5.32 Å². The van der Waals surface area contributed by atoms with Gasteiger partial charge in [0.05, 0.1) is 25.2 Å². The molecule has 0 fully saturated rings. The van der Waals surface area contributed by atoms with Crippen LogP contribution < -0.4 is 5.32 Å². The Hall–Kier alpha value is -2.70. The molecular formula is C54H95NO5. The van der Waals surface area contributed by atoms with Crippen LogP contribution in [0.1, 0.15) is 233 Å². The normalized spacial score (nSPS) is 13.9. The molecule has 60 heavy (non-hydrogen) atoms. The lowest BCUT2D eigenvalue weighted by molar-refractivity contribution is -0.151. The number of allylic oxidation sites excluding steroid dienone is 12. The number of carbonyl (C=O) groups is 2. The van der Waals surface area contributed by atoms with E-state index in [9.17, 15) is 19.8 Å². The molecule has 6 heteroatoms. The number of amides is 1. The van der Waals surface area contributed by atoms with E-state index in [4.69, 9.17) is 4.74 Å². The predicted octanol–water partition coefficient (Wildman–Crippen LogP) is 15.0. The van der Waals surface area contributed by atoms with Gasteiger partial charge >= 0.3 is 5.97 Å². The second-order valence-corrected chi connectivity index (χ2v) is 16.9. The van der Waals surface area contributed by atoms with Gasteiger partial charge in [-0.3, -0.25) is 9.59 Å². The Labute approximate surface area is 371 Å². The molecule has 0 aromatic carbocycles. The standard InChI is InChI=1S/C54H95NO5/c1-4-7-10-13-16-19-22-25-26-27-29-31-34-37-40-43-46-52(57)51(49-56)55-53(58)48-50(45-42-39-36-33-30-24-21-18-15-12-9-6-3)60-54(59)47-44-41-38-35-32-28-23-20-17-14-11-8-5-2/h8-9,11-12,14,17-18,20-21,23,30,33,50-52,56-57H,4-7,10,13,15-16,19,22,24-29,31-32,34-49H2,1-3H3,(H,55,58)/b11-8+,12-9+,17-14+,21-18+,23-20-,33-30+. The molecule has 3 N–H and O–H groups in total. The van der Waals surface area contributed by atoms with E-state index < -0.39 is 18.2 Å². The first-order valence-electron chi connectivity index (χ1n) is 25.2. The van der Waals surface area contributed by atoms with Gasteiger partial charge in [-0.15, -0.1) is 0 Å². The Morgan fingerprint density at radius 1 is 0.517 bits per heavy atom. The van der Waals surface area contributed by atoms with E-state index in [0.29, 0.717) is 19.3 Å². The number of hydrogen-bond donors (Lipinski definition) is 3. The van der Waals surface area contributed by atoms with Crippen molar-refractivity contribution < 1.29 is 24.5 Å². The molecule has 0 aliphatic heterocycles. The Morgan fingerprint density at radius 2 is 0.983 bits per heavy atom. The van der Waals surface area contributed by atoms with Crippen LogP contribution in [0.25, 0.3) is 0 Å². The molecule has 0 bridgehead atoms. The molecule has 0 spiro atoms. The van der Waals surface area contributed by atoms with E-state index in [-0.39, 0.29) is 24.9 Å². The van der Waals surface area contributed by atoms with Crippen LogP contribution in [0.2, 0.25) is 0 Å². The molecule has 0 aromatic heterocycles. The Kier molecular flexibility index (Phi) is 45.2. The number of ether oxygens (including phenoxy) is 1. The zero-order chi connectivity index (χ0) is 43.8. The third-order valence-electron chi connectivity index (χ3n) is 11.1. The third-order valence-corrected chi connectivity index (χ3v) is 11.1. The number of aliphatic hydroxyl groups is 2. The quantitative estimate of drug-likeness (QED) is 0.0246. The van der Waals surface area contributed by atoms with Crippen LogP contribution >= 0.6 is 0 Å². The van der Waals surface area contributed by atoms with Gasteiger partial charge in [0.1, 0.15) is 6.10 Å². The number of unbranched alkanes of at least 4 members (excludes halogenated alkanes) is 22. The van der Waals surface area contributed by atoms with Gasteiger partial charge in [-0.25, -0.2) is 0 Å². The number of carbonyl (C=O) groups excluding carboxylic acids is 2. The first-order valence-corrected chi connectivity index (χ1v) is 25.2. The number of hydrogen-bond acceptors (Lipinski definition) is 5. The van der Waals surface area contributed by atoms with E-state index in [2.05, 4.69) is 99.0 Å². The summed E-state index contributed by atoms with van der Waals surface area (Å²) in [6.07, 6.45) is 59.7. The summed E-state index contributed by atoms with van der Waals surface area (Å²) in [7, 11) is 0. The molecule has 0 aliphatic carbocycles. The fraction of sp³-hybridized carbons (Fsp3) is 0.741. The number of esters is 1. The smallest absolute Gasteiger partial charge is 0.306 e. The van der Waals surface area contributed by atoms with Crippen LogP contribution in [0, 0.1) is 0 Å². The van der Waals surface area contributed by atoms with Gasteiger partial charge in [-0.2, -0.15) is 0 Å². The van der Waals surface area contributed by atoms with Crippen LogP contribution in [0.3, 0.4) is 0 Å². The summed E-state index contributed by atoms with van der Waals surface area (Å²) >= 11 is 0. The van der Waals surface area contributed by atoms with Gasteiger partial charge in [0.2, 0.25) is 5.91 Å². The number of aliphatic hydroxyl groups excluding tert-OH is 2. The lowest BCUT2D eigenvalue weighted by Crippen LogP contribution is -2.46. The van der Waals surface area contributed by atoms with E-state index in [1.165, 1.54) is 83.5 Å². The van der Waals surface area contributed by atoms with Crippen LogP contribution in [-0.2, 0) is 14.3 Å². The molecule has 0 aliphatic rings. The Bertz CT molecular complexity index is 1120. The van der Waals surface area contributed by atoms with E-state index >= 15 is 0 Å². The maximum absolute atomic E-state index is 13.2. The van der Waals surface area contributed by atoms with Gasteiger partial charge < -0.3 is 20.3 Å². The van der Waals surface area contributed by atoms with Gasteiger partial charge in [0, 0.05) is 6.42 Å². The van der Waals surface area contributed by atoms with Gasteiger partial charge in [-0.1, -0.05) is 216 Å². The molecule has 6 nitrogen and oxygen atoms in total. The third kappa shape index (κ3) is 42.0. The topological polar surface area (TPSA) is 95.9 Å². The SMILES string of the molecule is CC/C=C/C=C/C=C\CCCCCCCC(=O)OC(CCCC/C=C/C/C=C/C/C=C/CC)CC(=O)NC(CO)C(O)CCCCCCCCCCCCCCCCCC. The molecular weight excluding hydrogens is 743 g/mol. The summed E-state index contributed by atoms with van der Waals surface area (Å²) in [6, 6.07) is -0.720. The van der Waals surface area contributed by atoms with Crippen molar-refractivity contribution in [3.8, 4) is 0 Å². The van der Waals surface area contributed by atoms with Crippen LogP contribution in [0.4, 0.5) is 0 Å². The maximum Gasteiger partial charge on any atom is 0.306 e. The summed E-state index contributed by atoms with van der Waals surface area (Å²) in [5.41, 5.74) is 0. The minimum atomic E-state index is -0.804. The Balaban J connectivity index is 4.59. The highest BCUT2D eigenvalue weighted by Crippen LogP contribution is 2.17. The molecule has 1 amide bonds. The first kappa shape index (κ1) is 57.3. The summed E-state index contributed by atoms with van der Waals surface area (Å²) in [5, 5.41) is 23.8. The molecule has 0 radical (unpaired) electrons. The predicted molar refractivity (Wildman–Crippen MR) is 259 cm³/mol. The molecule has 3 unspecified atom stereocenters. The fourth-order valence-electron chi connectivity index (χ4n) is 7.33. The van der Waals surface area contributed by atoms with E-state index in [1.54, 1.807) is 0 Å². The second kappa shape index (κ2) is 47.4. The van der Waals surface area contributed by atoms with Crippen molar-refractivity contribution in [2.45, 2.75) is 251 Å². The minimum absolute atomic E-state index is 0.0404. The zero-order valence-electron chi connectivity index (χ0n) is 39.3. The molecule has 0 saturated carbocycles. The lowest BCUT2D eigenvalue weighted by Gasteiger charge is -2.24. The van der Waals surface area contributed by atoms with Crippen molar-refractivity contribution >= 4 is 11.9 Å². The monoisotopic (exact) mass is 838 g/mol. The summed E-state index contributed by atoms with van der Waals surface area (Å²) in [6.45, 7) is 6.22. The van der Waals surface area contributed by atoms with Gasteiger partial charge in [-0.05, 0) is 77.0 Å². The van der Waals surface area contributed by atoms with Gasteiger partial charge in [0.15, 0.2) is 0 Å². The minimum Gasteiger partial charge on any atom is -0.462 e. The Morgan fingerprint density at radius 3 is 1.57 bits per heavy atom. The fourth-order valence-corrected chi connectivity index (χ4v) is 7.33. The maximum atomic E-state index is 13.2. The molecule has 0 saturated heterocycles. The largest absolute Gasteiger partial charge is 0.462 e. The highest BCUT2D eigenvalue weighted by atomic mass is 16.5. The molecule has 3 atom stereocenters. The summed E-state index contributed by atoms with van der Waals surface area (Å²) in [5.74, 6) is -0.539. The highest BCUT2D eigenvalue weighted by Gasteiger charge is 2.24. The highest BCUT2D eigenvalue weighted by molar-refractivity contribution is 5.77. The number of nitrogens with one attached hydrogen (secondary N) is 1. The van der Waals surface area contributed by atoms with Crippen molar-refractivity contribution in [2.24, 2.45) is 0 Å². The summed E-state index contributed by atoms with van der Waals surface area (Å²) < 4.78 is 5.89. The molecule has 0 rings (SSSR count). The van der Waals surface area contributed by atoms with Crippen molar-refractivity contribution in [1.29, 1.82) is 0 Å². The zero-order valence-corrected chi connectivity index (χ0v) is 39.3. The average Bonchev–Trinajstić information content (AvgIpc) is 3.24. The lowest BCUT2D eigenvalue weighted by atomic mass is 10.0. The van der Waals surface area contributed by atoms with Gasteiger partial charge in [0.25, 0.3) is 0 Å². The molecule has 346 valence electrons. The number of rotatable bonds is 44. The van der Waals surface area contributed by atoms with E-state index in [0.717, 1.165) is 103 Å². The van der Waals surface area contributed by atoms with E-state index in [1.807, 2.05) is 0 Å². The van der Waals surface area contributed by atoms with Crippen LogP contribution in [-0.4, -0.2) is 46.9 Å². The van der Waals surface area contributed by atoms with Crippen molar-refractivity contribution in [3.63, 3.8) is 0 Å².